The van der Waals surface area contributed by atoms with Crippen LogP contribution >= 0.6 is 0 Å². The van der Waals surface area contributed by atoms with E-state index in [1.165, 1.54) is 0 Å². The average Bonchev–Trinajstić information content (AvgIpc) is 3.52. The Morgan fingerprint density at radius 1 is 0.395 bits per heavy atom. The van der Waals surface area contributed by atoms with Crippen LogP contribution < -0.4 is 0 Å². The summed E-state index contributed by atoms with van der Waals surface area (Å²) >= 11 is 0. The maximum atomic E-state index is 9.02. The molecule has 1 heteroatoms. The largest absolute Gasteiger partial charge is 0.456 e. The molecule has 0 radical (unpaired) electrons. The van der Waals surface area contributed by atoms with Crippen molar-refractivity contribution >= 4 is 54.3 Å². The van der Waals surface area contributed by atoms with Gasteiger partial charge in [0.2, 0.25) is 0 Å². The molecule has 1 aromatic heterocycles. The summed E-state index contributed by atoms with van der Waals surface area (Å²) in [7, 11) is 0. The molecule has 0 aliphatic rings. The van der Waals surface area contributed by atoms with Gasteiger partial charge in [-0.2, -0.15) is 0 Å². The highest BCUT2D eigenvalue weighted by Crippen LogP contribution is 2.50. The lowest BCUT2D eigenvalue weighted by molar-refractivity contribution is 0.669. The van der Waals surface area contributed by atoms with E-state index in [0.717, 1.165) is 65.3 Å². The number of rotatable bonds is 3. The monoisotopic (exact) mass is 552 g/mol. The third-order valence-electron chi connectivity index (χ3n) is 8.47. The van der Waals surface area contributed by atoms with E-state index in [0.29, 0.717) is 22.8 Å². The molecule has 0 fully saturated rings. The number of para-hydroxylation sites is 1. The van der Waals surface area contributed by atoms with E-state index < -0.39 is 6.04 Å². The van der Waals surface area contributed by atoms with E-state index >= 15 is 0 Å². The van der Waals surface area contributed by atoms with Crippen molar-refractivity contribution in [3.05, 3.63) is 158 Å². The molecule has 0 saturated heterocycles. The first-order valence-electron chi connectivity index (χ1n) is 17.3. The third-order valence-corrected chi connectivity index (χ3v) is 8.47. The van der Waals surface area contributed by atoms with Crippen molar-refractivity contribution in [3.63, 3.8) is 0 Å². The lowest BCUT2D eigenvalue weighted by Crippen LogP contribution is -1.94. The molecule has 43 heavy (non-hydrogen) atoms. The van der Waals surface area contributed by atoms with Gasteiger partial charge in [-0.25, -0.2) is 0 Å². The Labute approximate surface area is 257 Å². The Morgan fingerprint density at radius 3 is 1.72 bits per heavy atom. The molecule has 0 bridgehead atoms. The molecule has 9 aromatic rings. The molecule has 1 nitrogen and oxygen atoms in total. The van der Waals surface area contributed by atoms with Crippen molar-refractivity contribution in [2.24, 2.45) is 0 Å². The van der Waals surface area contributed by atoms with E-state index in [2.05, 4.69) is 30.3 Å². The Kier molecular flexibility index (Phi) is 4.11. The predicted molar refractivity (Wildman–Crippen MR) is 183 cm³/mol. The van der Waals surface area contributed by atoms with Crippen LogP contribution in [0.5, 0.6) is 0 Å². The second-order valence-electron chi connectivity index (χ2n) is 10.7. The van der Waals surface area contributed by atoms with Gasteiger partial charge in [-0.15, -0.1) is 0 Å². The number of fused-ring (bicyclic) bond motifs is 6. The van der Waals surface area contributed by atoms with E-state index in [1.54, 1.807) is 0 Å². The molecule has 0 N–H and O–H groups in total. The van der Waals surface area contributed by atoms with Crippen LogP contribution in [0.1, 0.15) is 8.22 Å². The second-order valence-corrected chi connectivity index (χ2v) is 10.7. The van der Waals surface area contributed by atoms with Crippen LogP contribution in [0.4, 0.5) is 0 Å². The van der Waals surface area contributed by atoms with Gasteiger partial charge in [-0.05, 0) is 72.3 Å². The quantitative estimate of drug-likeness (QED) is 0.199. The maximum absolute atomic E-state index is 9.02. The van der Waals surface area contributed by atoms with Crippen LogP contribution in [0.2, 0.25) is 0 Å². The SMILES string of the molecule is [2H]c1c([2H])c([2H])c(-c2ccc3oc4ccccc4c3c2-c2c3ccccc3c(-c3ccc([2H])c4ccccc34)c3ccccc23)c([2H])c1[2H]. The zero-order chi connectivity index (χ0) is 33.6. The molecular weight excluding hydrogens is 520 g/mol. The maximum Gasteiger partial charge on any atom is 0.136 e. The minimum Gasteiger partial charge on any atom is -0.456 e. The number of furan rings is 1. The fourth-order valence-corrected chi connectivity index (χ4v) is 6.72. The molecule has 0 saturated carbocycles. The molecule has 0 amide bonds. The first-order chi connectivity index (χ1) is 23.8. The van der Waals surface area contributed by atoms with E-state index in [-0.39, 0.29) is 29.7 Å². The van der Waals surface area contributed by atoms with Crippen LogP contribution in [-0.2, 0) is 0 Å². The Hall–Kier alpha value is -5.66. The van der Waals surface area contributed by atoms with Crippen molar-refractivity contribution in [2.75, 3.05) is 0 Å². The minimum absolute atomic E-state index is 0.141. The van der Waals surface area contributed by atoms with E-state index in [1.807, 2.05) is 91.0 Å². The molecule has 9 rings (SSSR count). The molecule has 1 heterocycles. The van der Waals surface area contributed by atoms with Crippen LogP contribution in [0.25, 0.3) is 87.6 Å². The molecule has 8 aromatic carbocycles. The van der Waals surface area contributed by atoms with Crippen LogP contribution in [0, 0.1) is 0 Å². The van der Waals surface area contributed by atoms with Gasteiger partial charge >= 0.3 is 0 Å². The number of hydrogen-bond acceptors (Lipinski definition) is 1. The Bertz CT molecular complexity index is 2770. The first kappa shape index (κ1) is 18.7. The van der Waals surface area contributed by atoms with Gasteiger partial charge in [0.1, 0.15) is 11.2 Å². The summed E-state index contributed by atoms with van der Waals surface area (Å²) < 4.78 is 58.5. The lowest BCUT2D eigenvalue weighted by Gasteiger charge is -2.21. The molecule has 0 aliphatic heterocycles. The highest BCUT2D eigenvalue weighted by atomic mass is 16.3. The van der Waals surface area contributed by atoms with Crippen molar-refractivity contribution in [2.45, 2.75) is 0 Å². The Balaban J connectivity index is 1.53. The van der Waals surface area contributed by atoms with Gasteiger partial charge in [0.25, 0.3) is 0 Å². The molecule has 200 valence electrons. The summed E-state index contributed by atoms with van der Waals surface area (Å²) in [6.07, 6.45) is 0. The summed E-state index contributed by atoms with van der Waals surface area (Å²) in [5, 5.41) is 7.43. The lowest BCUT2D eigenvalue weighted by atomic mass is 9.81. The van der Waals surface area contributed by atoms with Crippen molar-refractivity contribution in [1.82, 2.24) is 0 Å². The van der Waals surface area contributed by atoms with Crippen molar-refractivity contribution in [1.29, 1.82) is 0 Å². The highest BCUT2D eigenvalue weighted by Gasteiger charge is 2.23. The van der Waals surface area contributed by atoms with Gasteiger partial charge < -0.3 is 4.42 Å². The molecule has 0 atom stereocenters. The molecular formula is C42H26O. The van der Waals surface area contributed by atoms with Gasteiger partial charge in [0, 0.05) is 16.3 Å². The van der Waals surface area contributed by atoms with Gasteiger partial charge in [-0.1, -0.05) is 145 Å². The molecule has 0 spiro atoms. The standard InChI is InChI=1S/C42H26O/c1-2-13-28(14-3-1)30-25-26-38-41(36-22-10-11-24-37(36)43-38)42(30)40-34-20-8-6-18-32(34)39(33-19-7-9-21-35(33)40)31-23-12-16-27-15-4-5-17-29(27)31/h1-26H/i1D,2D,3D,13D,14D,16D. The minimum atomic E-state index is -0.429. The Morgan fingerprint density at radius 2 is 1.00 bits per heavy atom. The van der Waals surface area contributed by atoms with Crippen LogP contribution in [0.3, 0.4) is 0 Å². The normalized spacial score (nSPS) is 13.7. The summed E-state index contributed by atoms with van der Waals surface area (Å²) in [5.41, 5.74) is 5.70. The number of hydrogen-bond donors (Lipinski definition) is 0. The third kappa shape index (κ3) is 3.58. The van der Waals surface area contributed by atoms with Gasteiger partial charge in [0.15, 0.2) is 0 Å². The second kappa shape index (κ2) is 9.44. The van der Waals surface area contributed by atoms with E-state index in [9.17, 15) is 0 Å². The first-order valence-corrected chi connectivity index (χ1v) is 14.3. The van der Waals surface area contributed by atoms with Crippen molar-refractivity contribution < 1.29 is 12.6 Å². The van der Waals surface area contributed by atoms with Crippen molar-refractivity contribution in [3.8, 4) is 33.4 Å². The zero-order valence-electron chi connectivity index (χ0n) is 29.0. The summed E-state index contributed by atoms with van der Waals surface area (Å²) in [4.78, 5) is 0. The van der Waals surface area contributed by atoms with Crippen LogP contribution in [0.15, 0.2) is 162 Å². The highest BCUT2D eigenvalue weighted by molar-refractivity contribution is 6.28. The van der Waals surface area contributed by atoms with E-state index in [4.69, 9.17) is 12.6 Å². The predicted octanol–water partition coefficient (Wildman–Crippen LogP) is 12.0. The fraction of sp³-hybridized carbons (Fsp3) is 0. The summed E-state index contributed by atoms with van der Waals surface area (Å²) in [6.45, 7) is 0. The van der Waals surface area contributed by atoms with Crippen LogP contribution in [-0.4, -0.2) is 0 Å². The van der Waals surface area contributed by atoms with Gasteiger partial charge in [0.05, 0.1) is 8.22 Å². The summed E-state index contributed by atoms with van der Waals surface area (Å²) in [6, 6.07) is 38.6. The molecule has 0 unspecified atom stereocenters. The van der Waals surface area contributed by atoms with Gasteiger partial charge in [-0.3, -0.25) is 0 Å². The topological polar surface area (TPSA) is 13.1 Å². The smallest absolute Gasteiger partial charge is 0.136 e. The zero-order valence-corrected chi connectivity index (χ0v) is 23.0. The summed E-state index contributed by atoms with van der Waals surface area (Å²) in [5.74, 6) is 0. The number of benzene rings is 8. The fourth-order valence-electron chi connectivity index (χ4n) is 6.72. The average molecular weight is 553 g/mol. The molecule has 0 aliphatic carbocycles.